The van der Waals surface area contributed by atoms with Crippen LogP contribution in [0.5, 0.6) is 0 Å². The van der Waals surface area contributed by atoms with Crippen LogP contribution in [0.25, 0.3) is 11.0 Å². The van der Waals surface area contributed by atoms with Gasteiger partial charge in [0.2, 0.25) is 0 Å². The van der Waals surface area contributed by atoms with Gasteiger partial charge in [-0.3, -0.25) is 4.79 Å². The van der Waals surface area contributed by atoms with E-state index in [1.165, 1.54) is 5.56 Å². The second-order valence-corrected chi connectivity index (χ2v) is 6.69. The molecule has 0 atom stereocenters. The fourth-order valence-electron chi connectivity index (χ4n) is 2.99. The number of fused-ring (bicyclic) bond motifs is 1. The normalized spacial score (nSPS) is 10.9. The highest BCUT2D eigenvalue weighted by molar-refractivity contribution is 6.04. The first-order valence-electron chi connectivity index (χ1n) is 8.86. The van der Waals surface area contributed by atoms with Crippen molar-refractivity contribution in [2.75, 3.05) is 5.32 Å². The molecule has 0 unspecified atom stereocenters. The molecule has 0 aliphatic heterocycles. The van der Waals surface area contributed by atoms with Crippen LogP contribution in [0, 0.1) is 13.8 Å². The van der Waals surface area contributed by atoms with Gasteiger partial charge >= 0.3 is 0 Å². The lowest BCUT2D eigenvalue weighted by Gasteiger charge is -2.08. The number of amides is 1. The number of benzene rings is 3. The maximum Gasteiger partial charge on any atom is 0.255 e. The van der Waals surface area contributed by atoms with Crippen molar-refractivity contribution < 1.29 is 4.79 Å². The van der Waals surface area contributed by atoms with Crippen molar-refractivity contribution in [3.8, 4) is 0 Å². The first-order valence-corrected chi connectivity index (χ1v) is 8.86. The highest BCUT2D eigenvalue weighted by Gasteiger charge is 2.08. The first kappa shape index (κ1) is 17.0. The van der Waals surface area contributed by atoms with E-state index in [-0.39, 0.29) is 5.91 Å². The van der Waals surface area contributed by atoms with E-state index in [4.69, 9.17) is 0 Å². The number of anilines is 1. The van der Waals surface area contributed by atoms with Gasteiger partial charge in [-0.1, -0.05) is 35.5 Å². The summed E-state index contributed by atoms with van der Waals surface area (Å²) >= 11 is 0. The zero-order chi connectivity index (χ0) is 18.8. The fourth-order valence-corrected chi connectivity index (χ4v) is 2.99. The Kier molecular flexibility index (Phi) is 4.42. The monoisotopic (exact) mass is 356 g/mol. The van der Waals surface area contributed by atoms with Crippen LogP contribution in [-0.2, 0) is 6.54 Å². The van der Waals surface area contributed by atoms with Crippen molar-refractivity contribution in [1.29, 1.82) is 0 Å². The molecule has 27 heavy (non-hydrogen) atoms. The lowest BCUT2D eigenvalue weighted by Crippen LogP contribution is -2.12. The largest absolute Gasteiger partial charge is 0.322 e. The zero-order valence-electron chi connectivity index (χ0n) is 15.3. The molecule has 5 heteroatoms. The van der Waals surface area contributed by atoms with Crippen molar-refractivity contribution in [2.24, 2.45) is 0 Å². The number of aromatic nitrogens is 3. The molecule has 3 aromatic carbocycles. The van der Waals surface area contributed by atoms with Gasteiger partial charge < -0.3 is 5.32 Å². The summed E-state index contributed by atoms with van der Waals surface area (Å²) in [6, 6.07) is 21.4. The Balaban J connectivity index is 1.48. The summed E-state index contributed by atoms with van der Waals surface area (Å²) in [6.07, 6.45) is 0. The third-order valence-corrected chi connectivity index (χ3v) is 4.73. The minimum absolute atomic E-state index is 0.115. The number of aryl methyl sites for hydroxylation is 2. The molecule has 0 aliphatic carbocycles. The molecule has 1 heterocycles. The van der Waals surface area contributed by atoms with Gasteiger partial charge in [-0.2, -0.15) is 0 Å². The molecule has 4 aromatic rings. The highest BCUT2D eigenvalue weighted by atomic mass is 16.1. The van der Waals surface area contributed by atoms with Crippen molar-refractivity contribution >= 4 is 22.6 Å². The third-order valence-electron chi connectivity index (χ3n) is 4.73. The number of rotatable bonds is 4. The first-order chi connectivity index (χ1) is 13.1. The smallest absolute Gasteiger partial charge is 0.255 e. The molecule has 0 radical (unpaired) electrons. The number of hydrogen-bond acceptors (Lipinski definition) is 3. The minimum atomic E-state index is -0.115. The van der Waals surface area contributed by atoms with Gasteiger partial charge in [0.15, 0.2) is 0 Å². The molecule has 0 fully saturated rings. The summed E-state index contributed by atoms with van der Waals surface area (Å²) in [5.41, 5.74) is 6.73. The van der Waals surface area contributed by atoms with Gasteiger partial charge in [-0.25, -0.2) is 4.68 Å². The standard InChI is InChI=1S/C22H20N4O/c1-15-7-12-19(13-16(15)2)23-22(27)18-10-8-17(9-11-18)14-26-21-6-4-3-5-20(21)24-25-26/h3-13H,14H2,1-2H3,(H,23,27). The van der Waals surface area contributed by atoms with Crippen LogP contribution < -0.4 is 5.32 Å². The van der Waals surface area contributed by atoms with Crippen LogP contribution in [0.2, 0.25) is 0 Å². The second kappa shape index (κ2) is 7.03. The predicted octanol–water partition coefficient (Wildman–Crippen LogP) is 4.35. The average molecular weight is 356 g/mol. The molecule has 0 bridgehead atoms. The summed E-state index contributed by atoms with van der Waals surface area (Å²) in [4.78, 5) is 12.5. The van der Waals surface area contributed by atoms with Crippen molar-refractivity contribution in [2.45, 2.75) is 20.4 Å². The molecular formula is C22H20N4O. The van der Waals surface area contributed by atoms with E-state index in [9.17, 15) is 4.79 Å². The van der Waals surface area contributed by atoms with Crippen LogP contribution >= 0.6 is 0 Å². The van der Waals surface area contributed by atoms with Crippen molar-refractivity contribution in [1.82, 2.24) is 15.0 Å². The molecule has 0 saturated carbocycles. The molecular weight excluding hydrogens is 336 g/mol. The Morgan fingerprint density at radius 2 is 1.74 bits per heavy atom. The van der Waals surface area contributed by atoms with Crippen LogP contribution in [0.3, 0.4) is 0 Å². The number of hydrogen-bond donors (Lipinski definition) is 1. The van der Waals surface area contributed by atoms with Gasteiger partial charge in [-0.15, -0.1) is 5.10 Å². The average Bonchev–Trinajstić information content (AvgIpc) is 3.08. The molecule has 134 valence electrons. The number of para-hydroxylation sites is 1. The van der Waals surface area contributed by atoms with Crippen LogP contribution in [0.1, 0.15) is 27.0 Å². The summed E-state index contributed by atoms with van der Waals surface area (Å²) in [6.45, 7) is 4.70. The van der Waals surface area contributed by atoms with E-state index in [2.05, 4.69) is 22.6 Å². The quantitative estimate of drug-likeness (QED) is 0.591. The lowest BCUT2D eigenvalue weighted by atomic mass is 10.1. The van der Waals surface area contributed by atoms with Crippen LogP contribution in [-0.4, -0.2) is 20.9 Å². The fraction of sp³-hybridized carbons (Fsp3) is 0.136. The van der Waals surface area contributed by atoms with Crippen molar-refractivity contribution in [3.63, 3.8) is 0 Å². The van der Waals surface area contributed by atoms with Crippen LogP contribution in [0.4, 0.5) is 5.69 Å². The summed E-state index contributed by atoms with van der Waals surface area (Å²) < 4.78 is 1.86. The molecule has 0 spiro atoms. The molecule has 0 aliphatic rings. The third kappa shape index (κ3) is 3.58. The molecule has 5 nitrogen and oxygen atoms in total. The molecule has 4 rings (SSSR count). The topological polar surface area (TPSA) is 59.8 Å². The highest BCUT2D eigenvalue weighted by Crippen LogP contribution is 2.16. The minimum Gasteiger partial charge on any atom is -0.322 e. The summed E-state index contributed by atoms with van der Waals surface area (Å²) in [7, 11) is 0. The number of nitrogens with one attached hydrogen (secondary N) is 1. The second-order valence-electron chi connectivity index (χ2n) is 6.69. The van der Waals surface area contributed by atoms with E-state index in [0.717, 1.165) is 27.8 Å². The Hall–Kier alpha value is -3.47. The Morgan fingerprint density at radius 3 is 2.52 bits per heavy atom. The van der Waals surface area contributed by atoms with E-state index >= 15 is 0 Å². The van der Waals surface area contributed by atoms with E-state index in [1.54, 1.807) is 0 Å². The Morgan fingerprint density at radius 1 is 0.963 bits per heavy atom. The van der Waals surface area contributed by atoms with E-state index in [1.807, 2.05) is 78.3 Å². The summed E-state index contributed by atoms with van der Waals surface area (Å²) in [5, 5.41) is 11.3. The number of carbonyl (C=O) groups excluding carboxylic acids is 1. The molecule has 1 aromatic heterocycles. The lowest BCUT2D eigenvalue weighted by molar-refractivity contribution is 0.102. The maximum absolute atomic E-state index is 12.5. The zero-order valence-corrected chi connectivity index (χ0v) is 15.3. The van der Waals surface area contributed by atoms with Gasteiger partial charge in [0.1, 0.15) is 5.52 Å². The maximum atomic E-state index is 12.5. The molecule has 0 saturated heterocycles. The van der Waals surface area contributed by atoms with Gasteiger partial charge in [0.25, 0.3) is 5.91 Å². The van der Waals surface area contributed by atoms with Crippen molar-refractivity contribution in [3.05, 3.63) is 89.0 Å². The summed E-state index contributed by atoms with van der Waals surface area (Å²) in [5.74, 6) is -0.115. The van der Waals surface area contributed by atoms with Gasteiger partial charge in [0.05, 0.1) is 12.1 Å². The Labute approximate surface area is 157 Å². The molecule has 1 amide bonds. The number of nitrogens with zero attached hydrogens (tertiary/aromatic N) is 3. The SMILES string of the molecule is Cc1ccc(NC(=O)c2ccc(Cn3nnc4ccccc43)cc2)cc1C. The molecule has 1 N–H and O–H groups in total. The predicted molar refractivity (Wildman–Crippen MR) is 107 cm³/mol. The van der Waals surface area contributed by atoms with E-state index < -0.39 is 0 Å². The van der Waals surface area contributed by atoms with Crippen LogP contribution in [0.15, 0.2) is 66.7 Å². The van der Waals surface area contributed by atoms with E-state index in [0.29, 0.717) is 12.1 Å². The van der Waals surface area contributed by atoms with Gasteiger partial charge in [0, 0.05) is 11.3 Å². The Bertz CT molecular complexity index is 1110. The number of carbonyl (C=O) groups is 1. The van der Waals surface area contributed by atoms with Gasteiger partial charge in [-0.05, 0) is 66.9 Å².